The van der Waals surface area contributed by atoms with Crippen molar-refractivity contribution in [3.05, 3.63) is 0 Å². The minimum absolute atomic E-state index is 0.598. The zero-order valence-corrected chi connectivity index (χ0v) is 8.88. The first-order valence-corrected chi connectivity index (χ1v) is 5.28. The summed E-state index contributed by atoms with van der Waals surface area (Å²) in [6.07, 6.45) is 9.19. The van der Waals surface area contributed by atoms with Gasteiger partial charge in [0.05, 0.1) is 0 Å². The van der Waals surface area contributed by atoms with Crippen LogP contribution in [0.3, 0.4) is 0 Å². The molecule has 0 aromatic rings. The van der Waals surface area contributed by atoms with Crippen LogP contribution in [0.15, 0.2) is 0 Å². The first-order chi connectivity index (χ1) is 6.27. The summed E-state index contributed by atoms with van der Waals surface area (Å²) >= 11 is 0. The van der Waals surface area contributed by atoms with Crippen LogP contribution in [-0.2, 0) is 4.74 Å². The summed E-state index contributed by atoms with van der Waals surface area (Å²) in [6.45, 7) is 5.13. The van der Waals surface area contributed by atoms with Crippen LogP contribution in [0, 0.1) is 17.4 Å². The molecule has 0 aliphatic rings. The van der Waals surface area contributed by atoms with E-state index in [1.807, 2.05) is 0 Å². The van der Waals surface area contributed by atoms with E-state index in [9.17, 15) is 0 Å². The highest BCUT2D eigenvalue weighted by Gasteiger charge is 1.94. The molecule has 0 radical (unpaired) electrons. The lowest BCUT2D eigenvalue weighted by molar-refractivity contribution is 0.260. The predicted octanol–water partition coefficient (Wildman–Crippen LogP) is 3.48. The Morgan fingerprint density at radius 2 is 1.69 bits per heavy atom. The van der Waals surface area contributed by atoms with Gasteiger partial charge >= 0.3 is 0 Å². The van der Waals surface area contributed by atoms with Crippen LogP contribution in [0.4, 0.5) is 0 Å². The molecule has 76 valence electrons. The highest BCUT2D eigenvalue weighted by molar-refractivity contribution is 4.50. The van der Waals surface area contributed by atoms with Crippen molar-refractivity contribution >= 4 is 0 Å². The number of unbranched alkanes of at least 4 members (excludes halogenated alkanes) is 4. The predicted molar refractivity (Wildman–Crippen MR) is 54.1 cm³/mol. The maximum atomic E-state index is 8.10. The van der Waals surface area contributed by atoms with Gasteiger partial charge in [-0.25, -0.2) is 0 Å². The summed E-state index contributed by atoms with van der Waals surface area (Å²) in [6, 6.07) is 0. The Hall–Kier alpha value is -0.710. The van der Waals surface area contributed by atoms with Gasteiger partial charge in [-0.15, -0.1) is 0 Å². The fourth-order valence-corrected chi connectivity index (χ4v) is 1.30. The molecule has 0 spiro atoms. The summed E-state index contributed by atoms with van der Waals surface area (Å²) < 4.78 is 4.58. The van der Waals surface area contributed by atoms with Crippen molar-refractivity contribution in [3.63, 3.8) is 0 Å². The molecular formula is C11H21NO. The average molecular weight is 183 g/mol. The molecule has 0 rings (SSSR count). The minimum Gasteiger partial charge on any atom is -0.428 e. The van der Waals surface area contributed by atoms with Crippen LogP contribution in [0.25, 0.3) is 0 Å². The first-order valence-electron chi connectivity index (χ1n) is 5.28. The van der Waals surface area contributed by atoms with Crippen molar-refractivity contribution in [2.24, 2.45) is 5.92 Å². The zero-order chi connectivity index (χ0) is 9.94. The second kappa shape index (κ2) is 9.38. The monoisotopic (exact) mass is 183 g/mol. The molecule has 0 atom stereocenters. The van der Waals surface area contributed by atoms with Gasteiger partial charge in [0, 0.05) is 0 Å². The number of hydrogen-bond donors (Lipinski definition) is 0. The Kier molecular flexibility index (Phi) is 8.87. The van der Waals surface area contributed by atoms with E-state index in [-0.39, 0.29) is 0 Å². The highest BCUT2D eigenvalue weighted by atomic mass is 16.5. The van der Waals surface area contributed by atoms with E-state index in [1.54, 1.807) is 6.26 Å². The van der Waals surface area contributed by atoms with Gasteiger partial charge in [-0.1, -0.05) is 46.0 Å². The first kappa shape index (κ1) is 12.3. The van der Waals surface area contributed by atoms with Crippen LogP contribution in [0.1, 0.15) is 52.4 Å². The van der Waals surface area contributed by atoms with E-state index in [0.717, 1.165) is 12.3 Å². The maximum Gasteiger partial charge on any atom is 0.286 e. The lowest BCUT2D eigenvalue weighted by atomic mass is 10.0. The number of hydrogen-bond acceptors (Lipinski definition) is 2. The average Bonchev–Trinajstić information content (AvgIpc) is 2.09. The zero-order valence-electron chi connectivity index (χ0n) is 8.88. The Morgan fingerprint density at radius 3 is 2.31 bits per heavy atom. The fraction of sp³-hybridized carbons (Fsp3) is 0.909. The summed E-state index contributed by atoms with van der Waals surface area (Å²) in [5.74, 6) is 0.835. The van der Waals surface area contributed by atoms with Gasteiger partial charge in [-0.3, -0.25) is 0 Å². The Morgan fingerprint density at radius 1 is 1.08 bits per heavy atom. The molecule has 0 heterocycles. The number of ether oxygens (including phenoxy) is 1. The smallest absolute Gasteiger partial charge is 0.286 e. The summed E-state index contributed by atoms with van der Waals surface area (Å²) in [7, 11) is 0. The summed E-state index contributed by atoms with van der Waals surface area (Å²) in [5, 5.41) is 8.10. The third-order valence-corrected chi connectivity index (χ3v) is 2.09. The molecular weight excluding hydrogens is 162 g/mol. The van der Waals surface area contributed by atoms with Crippen LogP contribution in [0.2, 0.25) is 0 Å². The van der Waals surface area contributed by atoms with Crippen molar-refractivity contribution in [2.45, 2.75) is 52.4 Å². The Labute approximate surface area is 81.9 Å². The van der Waals surface area contributed by atoms with Crippen molar-refractivity contribution in [2.75, 3.05) is 6.61 Å². The molecule has 0 unspecified atom stereocenters. The number of nitriles is 1. The van der Waals surface area contributed by atoms with Crippen molar-refractivity contribution in [3.8, 4) is 6.26 Å². The summed E-state index contributed by atoms with van der Waals surface area (Å²) in [5.41, 5.74) is 0. The molecule has 0 saturated heterocycles. The van der Waals surface area contributed by atoms with Gasteiger partial charge in [-0.2, -0.15) is 5.26 Å². The molecule has 0 aliphatic heterocycles. The topological polar surface area (TPSA) is 33.0 Å². The lowest BCUT2D eigenvalue weighted by Gasteiger charge is -2.03. The van der Waals surface area contributed by atoms with E-state index in [0.29, 0.717) is 6.61 Å². The van der Waals surface area contributed by atoms with Crippen molar-refractivity contribution in [1.29, 1.82) is 5.26 Å². The number of rotatable bonds is 8. The second-order valence-corrected chi connectivity index (χ2v) is 3.89. The molecule has 2 nitrogen and oxygen atoms in total. The standard InChI is InChI=1S/C11H21NO/c1-11(2)8-6-4-3-5-7-9-13-10-12/h11H,3-9H2,1-2H3. The van der Waals surface area contributed by atoms with Gasteiger partial charge in [0.25, 0.3) is 6.26 Å². The van der Waals surface area contributed by atoms with Gasteiger partial charge < -0.3 is 4.74 Å². The molecule has 2 heteroatoms. The third kappa shape index (κ3) is 11.3. The molecule has 0 aromatic heterocycles. The van der Waals surface area contributed by atoms with Crippen LogP contribution < -0.4 is 0 Å². The molecule has 0 amide bonds. The molecule has 0 fully saturated rings. The van der Waals surface area contributed by atoms with Gasteiger partial charge in [-0.05, 0) is 12.3 Å². The Bertz CT molecular complexity index is 138. The van der Waals surface area contributed by atoms with Crippen LogP contribution in [0.5, 0.6) is 0 Å². The molecule has 0 N–H and O–H groups in total. The van der Waals surface area contributed by atoms with E-state index < -0.39 is 0 Å². The SMILES string of the molecule is CC(C)CCCCCCCOC#N. The maximum absolute atomic E-state index is 8.10. The number of nitrogens with zero attached hydrogens (tertiary/aromatic N) is 1. The van der Waals surface area contributed by atoms with E-state index in [1.165, 1.54) is 32.1 Å². The largest absolute Gasteiger partial charge is 0.428 e. The van der Waals surface area contributed by atoms with Gasteiger partial charge in [0.2, 0.25) is 0 Å². The second-order valence-electron chi connectivity index (χ2n) is 3.89. The molecule has 0 bridgehead atoms. The van der Waals surface area contributed by atoms with Crippen molar-refractivity contribution in [1.82, 2.24) is 0 Å². The normalized spacial score (nSPS) is 10.0. The summed E-state index contributed by atoms with van der Waals surface area (Å²) in [4.78, 5) is 0. The molecule has 0 aliphatic carbocycles. The molecule has 0 aromatic carbocycles. The van der Waals surface area contributed by atoms with Gasteiger partial charge in [0.1, 0.15) is 6.61 Å². The minimum atomic E-state index is 0.598. The van der Waals surface area contributed by atoms with Crippen molar-refractivity contribution < 1.29 is 4.74 Å². The lowest BCUT2D eigenvalue weighted by Crippen LogP contribution is -1.89. The molecule has 0 saturated carbocycles. The van der Waals surface area contributed by atoms with E-state index in [4.69, 9.17) is 5.26 Å². The molecule has 13 heavy (non-hydrogen) atoms. The van der Waals surface area contributed by atoms with E-state index in [2.05, 4.69) is 18.6 Å². The fourth-order valence-electron chi connectivity index (χ4n) is 1.30. The quantitative estimate of drug-likeness (QED) is 0.426. The highest BCUT2D eigenvalue weighted by Crippen LogP contribution is 2.10. The Balaban J connectivity index is 2.88. The van der Waals surface area contributed by atoms with Crippen LogP contribution >= 0.6 is 0 Å². The van der Waals surface area contributed by atoms with E-state index >= 15 is 0 Å². The van der Waals surface area contributed by atoms with Gasteiger partial charge in [0.15, 0.2) is 0 Å². The third-order valence-electron chi connectivity index (χ3n) is 2.09. The van der Waals surface area contributed by atoms with Crippen LogP contribution in [-0.4, -0.2) is 6.61 Å².